The van der Waals surface area contributed by atoms with E-state index in [1.807, 2.05) is 68.6 Å². The van der Waals surface area contributed by atoms with Gasteiger partial charge in [0.05, 0.1) is 11.7 Å². The molecule has 1 amide bonds. The van der Waals surface area contributed by atoms with Crippen molar-refractivity contribution < 1.29 is 9.53 Å². The van der Waals surface area contributed by atoms with Gasteiger partial charge in [0.1, 0.15) is 11.4 Å². The van der Waals surface area contributed by atoms with Gasteiger partial charge in [-0.25, -0.2) is 4.98 Å². The Morgan fingerprint density at radius 2 is 2.00 bits per heavy atom. The molecule has 3 rings (SSSR count). The molecule has 5 nitrogen and oxygen atoms in total. The van der Waals surface area contributed by atoms with Gasteiger partial charge in [-0.05, 0) is 52.0 Å². The Balaban J connectivity index is 1.88. The predicted octanol–water partition coefficient (Wildman–Crippen LogP) is 3.99. The van der Waals surface area contributed by atoms with Crippen LogP contribution in [0.1, 0.15) is 35.6 Å². The topological polar surface area (TPSA) is 55.6 Å². The molecule has 0 unspecified atom stereocenters. The molecule has 0 saturated carbocycles. The zero-order chi connectivity index (χ0) is 17.3. The van der Waals surface area contributed by atoms with Crippen molar-refractivity contribution in [2.24, 2.45) is 0 Å². The molecule has 24 heavy (non-hydrogen) atoms. The number of aromatic nitrogens is 2. The van der Waals surface area contributed by atoms with Crippen molar-refractivity contribution in [3.63, 3.8) is 0 Å². The van der Waals surface area contributed by atoms with Crippen molar-refractivity contribution in [2.45, 2.75) is 33.8 Å². The van der Waals surface area contributed by atoms with Crippen LogP contribution in [-0.2, 0) is 0 Å². The monoisotopic (exact) mass is 323 g/mol. The van der Waals surface area contributed by atoms with Crippen molar-refractivity contribution in [1.82, 2.24) is 9.38 Å². The number of carbonyl (C=O) groups is 1. The molecule has 0 aliphatic rings. The maximum Gasteiger partial charge on any atom is 0.259 e. The molecule has 0 radical (unpaired) electrons. The van der Waals surface area contributed by atoms with E-state index in [0.29, 0.717) is 16.9 Å². The third-order valence-electron chi connectivity index (χ3n) is 3.65. The zero-order valence-electron chi connectivity index (χ0n) is 14.3. The Morgan fingerprint density at radius 1 is 1.21 bits per heavy atom. The second kappa shape index (κ2) is 6.35. The van der Waals surface area contributed by atoms with Crippen LogP contribution in [0.4, 0.5) is 5.69 Å². The molecule has 1 aromatic carbocycles. The number of nitrogens with one attached hydrogen (secondary N) is 1. The van der Waals surface area contributed by atoms with E-state index in [9.17, 15) is 4.79 Å². The van der Waals surface area contributed by atoms with E-state index in [2.05, 4.69) is 10.3 Å². The number of fused-ring (bicyclic) bond motifs is 1. The Morgan fingerprint density at radius 3 is 2.75 bits per heavy atom. The van der Waals surface area contributed by atoms with E-state index < -0.39 is 0 Å². The van der Waals surface area contributed by atoms with E-state index in [-0.39, 0.29) is 12.0 Å². The zero-order valence-corrected chi connectivity index (χ0v) is 14.3. The number of rotatable bonds is 4. The highest BCUT2D eigenvalue weighted by Gasteiger charge is 2.14. The quantitative estimate of drug-likeness (QED) is 0.790. The van der Waals surface area contributed by atoms with Crippen molar-refractivity contribution in [2.75, 3.05) is 5.32 Å². The predicted molar refractivity (Wildman–Crippen MR) is 94.8 cm³/mol. The molecule has 5 heteroatoms. The van der Waals surface area contributed by atoms with Gasteiger partial charge in [0.2, 0.25) is 0 Å². The fraction of sp³-hybridized carbons (Fsp3) is 0.263. The maximum absolute atomic E-state index is 12.6. The van der Waals surface area contributed by atoms with Crippen molar-refractivity contribution >= 4 is 17.2 Å². The van der Waals surface area contributed by atoms with Crippen LogP contribution >= 0.6 is 0 Å². The number of hydrogen-bond acceptors (Lipinski definition) is 3. The molecule has 3 aromatic rings. The van der Waals surface area contributed by atoms with Crippen LogP contribution in [0.5, 0.6) is 5.75 Å². The molecule has 0 fully saturated rings. The first-order valence-electron chi connectivity index (χ1n) is 7.97. The normalized spacial score (nSPS) is 11.0. The number of hydrogen-bond donors (Lipinski definition) is 1. The summed E-state index contributed by atoms with van der Waals surface area (Å²) in [7, 11) is 0. The lowest BCUT2D eigenvalue weighted by atomic mass is 10.2. The molecule has 2 aromatic heterocycles. The number of aryl methyl sites for hydroxylation is 2. The van der Waals surface area contributed by atoms with E-state index in [1.54, 1.807) is 6.07 Å². The van der Waals surface area contributed by atoms with Crippen LogP contribution in [-0.4, -0.2) is 21.4 Å². The third kappa shape index (κ3) is 3.25. The molecule has 0 saturated heterocycles. The van der Waals surface area contributed by atoms with Gasteiger partial charge in [-0.2, -0.15) is 0 Å². The number of anilines is 1. The fourth-order valence-corrected chi connectivity index (χ4v) is 2.69. The van der Waals surface area contributed by atoms with Crippen LogP contribution in [0.2, 0.25) is 0 Å². The van der Waals surface area contributed by atoms with Crippen LogP contribution in [0, 0.1) is 13.8 Å². The molecular weight excluding hydrogens is 302 g/mol. The minimum absolute atomic E-state index is 0.0847. The van der Waals surface area contributed by atoms with Gasteiger partial charge >= 0.3 is 0 Å². The van der Waals surface area contributed by atoms with Crippen LogP contribution in [0.25, 0.3) is 5.65 Å². The summed E-state index contributed by atoms with van der Waals surface area (Å²) in [5, 5.41) is 2.92. The summed E-state index contributed by atoms with van der Waals surface area (Å²) in [5.74, 6) is 0.547. The van der Waals surface area contributed by atoms with Gasteiger partial charge in [0.15, 0.2) is 0 Å². The largest absolute Gasteiger partial charge is 0.491 e. The lowest BCUT2D eigenvalue weighted by Crippen LogP contribution is -2.13. The summed E-state index contributed by atoms with van der Waals surface area (Å²) in [5.41, 5.74) is 3.85. The Bertz CT molecular complexity index is 897. The first-order valence-corrected chi connectivity index (χ1v) is 7.97. The molecule has 2 heterocycles. The molecular formula is C19H21N3O2. The standard InChI is InChI=1S/C19H21N3O2/c1-12(2)24-16-7-5-6-15(11-16)21-19(23)17-8-9-22-14(4)10-13(3)20-18(17)22/h5-12H,1-4H3,(H,21,23). The van der Waals surface area contributed by atoms with Gasteiger partial charge in [-0.15, -0.1) is 0 Å². The molecule has 124 valence electrons. The van der Waals surface area contributed by atoms with E-state index in [1.165, 1.54) is 0 Å². The Kier molecular flexibility index (Phi) is 4.25. The number of ether oxygens (including phenoxy) is 1. The van der Waals surface area contributed by atoms with Crippen LogP contribution in [0.15, 0.2) is 42.6 Å². The SMILES string of the molecule is Cc1cc(C)n2ccc(C(=O)Nc3cccc(OC(C)C)c3)c2n1. The van der Waals surface area contributed by atoms with Gasteiger partial charge in [-0.3, -0.25) is 4.79 Å². The smallest absolute Gasteiger partial charge is 0.259 e. The second-order valence-electron chi connectivity index (χ2n) is 6.11. The highest BCUT2D eigenvalue weighted by molar-refractivity contribution is 6.08. The molecule has 0 atom stereocenters. The molecule has 0 aliphatic heterocycles. The van der Waals surface area contributed by atoms with Crippen molar-refractivity contribution in [3.8, 4) is 5.75 Å². The minimum atomic E-state index is -0.184. The number of carbonyl (C=O) groups excluding carboxylic acids is 1. The van der Waals surface area contributed by atoms with Crippen molar-refractivity contribution in [3.05, 3.63) is 59.5 Å². The summed E-state index contributed by atoms with van der Waals surface area (Å²) in [4.78, 5) is 17.1. The van der Waals surface area contributed by atoms with Gasteiger partial charge in [0.25, 0.3) is 5.91 Å². The van der Waals surface area contributed by atoms with E-state index in [0.717, 1.165) is 17.1 Å². The number of benzene rings is 1. The second-order valence-corrected chi connectivity index (χ2v) is 6.11. The summed E-state index contributed by atoms with van der Waals surface area (Å²) < 4.78 is 7.58. The fourth-order valence-electron chi connectivity index (χ4n) is 2.69. The van der Waals surface area contributed by atoms with Gasteiger partial charge in [-0.1, -0.05) is 6.07 Å². The van der Waals surface area contributed by atoms with Gasteiger partial charge < -0.3 is 14.5 Å². The first kappa shape index (κ1) is 16.1. The lowest BCUT2D eigenvalue weighted by molar-refractivity contribution is 0.102. The molecule has 0 bridgehead atoms. The van der Waals surface area contributed by atoms with E-state index in [4.69, 9.17) is 4.74 Å². The summed E-state index contributed by atoms with van der Waals surface area (Å²) in [6, 6.07) is 11.2. The Hall–Kier alpha value is -2.82. The summed E-state index contributed by atoms with van der Waals surface area (Å²) in [6.07, 6.45) is 1.95. The average molecular weight is 323 g/mol. The Labute approximate surface area is 141 Å². The van der Waals surface area contributed by atoms with Crippen LogP contribution in [0.3, 0.4) is 0 Å². The highest BCUT2D eigenvalue weighted by atomic mass is 16.5. The summed E-state index contributed by atoms with van der Waals surface area (Å²) in [6.45, 7) is 7.86. The number of nitrogens with zero attached hydrogens (tertiary/aromatic N) is 2. The molecule has 0 spiro atoms. The van der Waals surface area contributed by atoms with Crippen LogP contribution < -0.4 is 10.1 Å². The van der Waals surface area contributed by atoms with Gasteiger partial charge in [0, 0.05) is 29.3 Å². The minimum Gasteiger partial charge on any atom is -0.491 e. The summed E-state index contributed by atoms with van der Waals surface area (Å²) >= 11 is 0. The van der Waals surface area contributed by atoms with Crippen molar-refractivity contribution in [1.29, 1.82) is 0 Å². The average Bonchev–Trinajstić information content (AvgIpc) is 2.91. The van der Waals surface area contributed by atoms with E-state index >= 15 is 0 Å². The maximum atomic E-state index is 12.6. The first-order chi connectivity index (χ1) is 11.4. The molecule has 1 N–H and O–H groups in total. The lowest BCUT2D eigenvalue weighted by Gasteiger charge is -2.11. The third-order valence-corrected chi connectivity index (χ3v) is 3.65. The number of amides is 1. The highest BCUT2D eigenvalue weighted by Crippen LogP contribution is 2.20. The molecule has 0 aliphatic carbocycles.